The summed E-state index contributed by atoms with van der Waals surface area (Å²) >= 11 is 1.59. The van der Waals surface area contributed by atoms with Gasteiger partial charge in [-0.3, -0.25) is 4.40 Å². The highest BCUT2D eigenvalue weighted by Crippen LogP contribution is 2.16. The molecule has 152 valence electrons. The van der Waals surface area contributed by atoms with Gasteiger partial charge in [-0.15, -0.1) is 35.3 Å². The molecule has 0 unspecified atom stereocenters. The second-order valence-electron chi connectivity index (χ2n) is 5.87. The maximum Gasteiger partial charge on any atom is 0.387 e. The molecule has 0 aliphatic carbocycles. The van der Waals surface area contributed by atoms with Crippen LogP contribution in [0.4, 0.5) is 8.78 Å². The number of nitrogens with zero attached hydrogens (tertiary/aromatic N) is 4. The molecular weight excluding hydrogens is 499 g/mol. The molecule has 0 aliphatic rings. The van der Waals surface area contributed by atoms with E-state index in [1.165, 1.54) is 12.1 Å². The van der Waals surface area contributed by atoms with Gasteiger partial charge in [-0.25, -0.2) is 9.98 Å². The van der Waals surface area contributed by atoms with Crippen molar-refractivity contribution >= 4 is 46.2 Å². The molecule has 0 atom stereocenters. The third-order valence-corrected chi connectivity index (χ3v) is 4.57. The highest BCUT2D eigenvalue weighted by Gasteiger charge is 2.09. The van der Waals surface area contributed by atoms with E-state index in [-0.39, 0.29) is 29.7 Å². The fourth-order valence-electron chi connectivity index (χ4n) is 2.60. The number of hydrogen-bond donors (Lipinski definition) is 1. The van der Waals surface area contributed by atoms with E-state index in [0.29, 0.717) is 13.1 Å². The van der Waals surface area contributed by atoms with Gasteiger partial charge in [0.2, 0.25) is 0 Å². The number of fused-ring (bicyclic) bond motifs is 1. The van der Waals surface area contributed by atoms with Crippen LogP contribution < -0.4 is 10.1 Å². The molecule has 2 aromatic heterocycles. The number of thiazole rings is 1. The first-order valence-electron chi connectivity index (χ1n) is 8.49. The SMILES string of the molecule is CCNC(=NCc1cn2ccsc2n1)N(C)Cc1ccc(OC(F)F)cc1.I. The Morgan fingerprint density at radius 1 is 1.36 bits per heavy atom. The highest BCUT2D eigenvalue weighted by atomic mass is 127. The van der Waals surface area contributed by atoms with Crippen molar-refractivity contribution in [2.75, 3.05) is 13.6 Å². The molecule has 28 heavy (non-hydrogen) atoms. The number of alkyl halides is 2. The molecule has 0 spiro atoms. The van der Waals surface area contributed by atoms with E-state index in [1.807, 2.05) is 41.0 Å². The van der Waals surface area contributed by atoms with Crippen molar-refractivity contribution in [3.63, 3.8) is 0 Å². The van der Waals surface area contributed by atoms with Crippen LogP contribution in [0.5, 0.6) is 5.75 Å². The van der Waals surface area contributed by atoms with Crippen LogP contribution in [0.2, 0.25) is 0 Å². The normalized spacial score (nSPS) is 11.5. The first kappa shape index (κ1) is 22.3. The van der Waals surface area contributed by atoms with Crippen molar-refractivity contribution in [2.24, 2.45) is 4.99 Å². The summed E-state index contributed by atoms with van der Waals surface area (Å²) in [4.78, 5) is 12.1. The fourth-order valence-corrected chi connectivity index (χ4v) is 3.32. The van der Waals surface area contributed by atoms with E-state index < -0.39 is 6.61 Å². The predicted molar refractivity (Wildman–Crippen MR) is 118 cm³/mol. The molecule has 0 aliphatic heterocycles. The van der Waals surface area contributed by atoms with Crippen LogP contribution in [0, 0.1) is 0 Å². The Kier molecular flexibility index (Phi) is 8.42. The number of ether oxygens (including phenoxy) is 1. The molecule has 0 bridgehead atoms. The standard InChI is InChI=1S/C18H21F2N5OS.HI/c1-3-21-17(22-10-14-12-25-8-9-27-18(25)23-14)24(2)11-13-4-6-15(7-5-13)26-16(19)20;/h4-9,12,16H,3,10-11H2,1-2H3,(H,21,22);1H. The second kappa shape index (κ2) is 10.6. The van der Waals surface area contributed by atoms with E-state index in [9.17, 15) is 8.78 Å². The molecule has 2 heterocycles. The lowest BCUT2D eigenvalue weighted by Gasteiger charge is -2.22. The third kappa shape index (κ3) is 6.03. The van der Waals surface area contributed by atoms with Crippen molar-refractivity contribution in [1.29, 1.82) is 0 Å². The van der Waals surface area contributed by atoms with Crippen molar-refractivity contribution in [2.45, 2.75) is 26.6 Å². The number of aromatic nitrogens is 2. The fraction of sp³-hybridized carbons (Fsp3) is 0.333. The molecule has 0 saturated carbocycles. The Balaban J connectivity index is 0.00000280. The third-order valence-electron chi connectivity index (χ3n) is 3.80. The molecule has 0 amide bonds. The van der Waals surface area contributed by atoms with Gasteiger partial charge in [0.05, 0.1) is 12.2 Å². The Bertz CT molecular complexity index is 868. The van der Waals surface area contributed by atoms with E-state index >= 15 is 0 Å². The van der Waals surface area contributed by atoms with Crippen LogP contribution in [0.1, 0.15) is 18.2 Å². The van der Waals surface area contributed by atoms with E-state index in [0.717, 1.165) is 28.7 Å². The zero-order valence-electron chi connectivity index (χ0n) is 15.5. The summed E-state index contributed by atoms with van der Waals surface area (Å²) in [6.07, 6.45) is 3.94. The maximum absolute atomic E-state index is 12.2. The number of hydrogen-bond acceptors (Lipinski definition) is 4. The molecule has 1 aromatic carbocycles. The summed E-state index contributed by atoms with van der Waals surface area (Å²) in [5.74, 6) is 0.901. The number of halogens is 3. The van der Waals surface area contributed by atoms with E-state index in [4.69, 9.17) is 0 Å². The van der Waals surface area contributed by atoms with Crippen LogP contribution in [-0.2, 0) is 13.1 Å². The molecule has 0 radical (unpaired) electrons. The number of guanidine groups is 1. The first-order chi connectivity index (χ1) is 13.0. The van der Waals surface area contributed by atoms with Gasteiger partial charge in [0.1, 0.15) is 5.75 Å². The van der Waals surface area contributed by atoms with Gasteiger partial charge in [0, 0.05) is 37.9 Å². The molecular formula is C18H22F2IN5OS. The van der Waals surface area contributed by atoms with Crippen molar-refractivity contribution in [1.82, 2.24) is 19.6 Å². The Morgan fingerprint density at radius 3 is 2.75 bits per heavy atom. The zero-order valence-corrected chi connectivity index (χ0v) is 18.7. The maximum atomic E-state index is 12.2. The molecule has 6 nitrogen and oxygen atoms in total. The van der Waals surface area contributed by atoms with Gasteiger partial charge < -0.3 is 15.0 Å². The molecule has 3 aromatic rings. The van der Waals surface area contributed by atoms with Crippen LogP contribution in [0.3, 0.4) is 0 Å². The van der Waals surface area contributed by atoms with E-state index in [2.05, 4.69) is 20.0 Å². The monoisotopic (exact) mass is 521 g/mol. The summed E-state index contributed by atoms with van der Waals surface area (Å²) in [5, 5.41) is 5.25. The molecule has 0 fully saturated rings. The number of benzene rings is 1. The highest BCUT2D eigenvalue weighted by molar-refractivity contribution is 14.0. The van der Waals surface area contributed by atoms with Gasteiger partial charge in [0.15, 0.2) is 10.9 Å². The van der Waals surface area contributed by atoms with Gasteiger partial charge in [-0.2, -0.15) is 8.78 Å². The number of nitrogens with one attached hydrogen (secondary N) is 1. The van der Waals surface area contributed by atoms with Crippen LogP contribution in [-0.4, -0.2) is 40.4 Å². The lowest BCUT2D eigenvalue weighted by molar-refractivity contribution is -0.0498. The minimum Gasteiger partial charge on any atom is -0.435 e. The Labute approximate surface area is 183 Å². The molecule has 10 heteroatoms. The van der Waals surface area contributed by atoms with Gasteiger partial charge in [0.25, 0.3) is 0 Å². The first-order valence-corrected chi connectivity index (χ1v) is 9.37. The summed E-state index contributed by atoms with van der Waals surface area (Å²) in [5.41, 5.74) is 1.87. The van der Waals surface area contributed by atoms with Crippen LogP contribution in [0.25, 0.3) is 4.96 Å². The minimum atomic E-state index is -2.82. The summed E-state index contributed by atoms with van der Waals surface area (Å²) in [7, 11) is 1.93. The Hall–Kier alpha value is -1.95. The number of rotatable bonds is 7. The van der Waals surface area contributed by atoms with Crippen molar-refractivity contribution in [3.05, 3.63) is 53.3 Å². The van der Waals surface area contributed by atoms with Gasteiger partial charge >= 0.3 is 6.61 Å². The van der Waals surface area contributed by atoms with E-state index in [1.54, 1.807) is 23.5 Å². The number of aliphatic imine (C=N–C) groups is 1. The zero-order chi connectivity index (χ0) is 19.2. The van der Waals surface area contributed by atoms with Crippen molar-refractivity contribution < 1.29 is 13.5 Å². The summed E-state index contributed by atoms with van der Waals surface area (Å²) in [6.45, 7) is 0.986. The predicted octanol–water partition coefficient (Wildman–Crippen LogP) is 4.21. The smallest absolute Gasteiger partial charge is 0.387 e. The summed E-state index contributed by atoms with van der Waals surface area (Å²) in [6, 6.07) is 6.61. The lowest BCUT2D eigenvalue weighted by atomic mass is 10.2. The Morgan fingerprint density at radius 2 is 2.11 bits per heavy atom. The second-order valence-corrected chi connectivity index (χ2v) is 6.75. The lowest BCUT2D eigenvalue weighted by Crippen LogP contribution is -2.38. The molecule has 3 rings (SSSR count). The number of imidazole rings is 1. The topological polar surface area (TPSA) is 54.2 Å². The average molecular weight is 521 g/mol. The van der Waals surface area contributed by atoms with Gasteiger partial charge in [-0.1, -0.05) is 12.1 Å². The average Bonchev–Trinajstić information content (AvgIpc) is 3.21. The summed E-state index contributed by atoms with van der Waals surface area (Å²) < 4.78 is 30.8. The minimum absolute atomic E-state index is 0. The largest absolute Gasteiger partial charge is 0.435 e. The quantitative estimate of drug-likeness (QED) is 0.288. The van der Waals surface area contributed by atoms with Crippen molar-refractivity contribution in [3.8, 4) is 5.75 Å². The van der Waals surface area contributed by atoms with Crippen LogP contribution in [0.15, 0.2) is 47.0 Å². The molecule has 1 N–H and O–H groups in total. The van der Waals surface area contributed by atoms with Crippen LogP contribution >= 0.6 is 35.3 Å². The molecule has 0 saturated heterocycles. The van der Waals surface area contributed by atoms with Gasteiger partial charge in [-0.05, 0) is 24.6 Å².